The third-order valence-corrected chi connectivity index (χ3v) is 3.92. The van der Waals surface area contributed by atoms with Crippen molar-refractivity contribution in [3.63, 3.8) is 0 Å². The highest BCUT2D eigenvalue weighted by Crippen LogP contribution is 2.25. The van der Waals surface area contributed by atoms with Crippen LogP contribution in [0.4, 0.5) is 0 Å². The van der Waals surface area contributed by atoms with Crippen molar-refractivity contribution in [1.29, 1.82) is 0 Å². The molecule has 0 bridgehead atoms. The first-order valence-electron chi connectivity index (χ1n) is 7.57. The molecule has 108 valence electrons. The van der Waals surface area contributed by atoms with Gasteiger partial charge in [0.1, 0.15) is 0 Å². The van der Waals surface area contributed by atoms with Crippen LogP contribution in [0.25, 0.3) is 0 Å². The lowest BCUT2D eigenvalue weighted by Crippen LogP contribution is -2.30. The normalized spacial score (nSPS) is 23.7. The highest BCUT2D eigenvalue weighted by molar-refractivity contribution is 4.99. The van der Waals surface area contributed by atoms with E-state index in [4.69, 9.17) is 4.74 Å². The number of nitrogens with zero attached hydrogens (tertiary/aromatic N) is 2. The first-order valence-corrected chi connectivity index (χ1v) is 7.57. The van der Waals surface area contributed by atoms with E-state index in [9.17, 15) is 0 Å². The van der Waals surface area contributed by atoms with E-state index in [1.54, 1.807) is 0 Å². The maximum atomic E-state index is 5.97. The Morgan fingerprint density at radius 1 is 1.37 bits per heavy atom. The van der Waals surface area contributed by atoms with E-state index in [0.29, 0.717) is 6.10 Å². The summed E-state index contributed by atoms with van der Waals surface area (Å²) in [4.78, 5) is 0. The minimum Gasteiger partial charge on any atom is -0.377 e. The van der Waals surface area contributed by atoms with Crippen LogP contribution >= 0.6 is 0 Å². The van der Waals surface area contributed by atoms with Gasteiger partial charge in [-0.15, -0.1) is 0 Å². The summed E-state index contributed by atoms with van der Waals surface area (Å²) in [5, 5.41) is 7.67. The summed E-state index contributed by atoms with van der Waals surface area (Å²) >= 11 is 0. The van der Waals surface area contributed by atoms with Crippen molar-refractivity contribution in [2.24, 2.45) is 5.92 Å². The number of aryl methyl sites for hydroxylation is 1. The summed E-state index contributed by atoms with van der Waals surface area (Å²) in [7, 11) is 0. The first kappa shape index (κ1) is 14.5. The molecule has 1 saturated carbocycles. The van der Waals surface area contributed by atoms with E-state index < -0.39 is 0 Å². The summed E-state index contributed by atoms with van der Waals surface area (Å²) in [5.41, 5.74) is 1.22. The summed E-state index contributed by atoms with van der Waals surface area (Å²) in [6.07, 6.45) is 9.74. The molecule has 1 aliphatic carbocycles. The van der Waals surface area contributed by atoms with Crippen molar-refractivity contribution < 1.29 is 4.74 Å². The predicted molar refractivity (Wildman–Crippen MR) is 77.2 cm³/mol. The molecule has 2 rings (SSSR count). The van der Waals surface area contributed by atoms with Gasteiger partial charge in [0, 0.05) is 19.3 Å². The Bertz CT molecular complexity index is 364. The highest BCUT2D eigenvalue weighted by atomic mass is 16.5. The molecule has 0 aliphatic heterocycles. The number of hydrogen-bond donors (Lipinski definition) is 1. The molecule has 1 aliphatic rings. The maximum absolute atomic E-state index is 5.97. The molecule has 2 unspecified atom stereocenters. The summed E-state index contributed by atoms with van der Waals surface area (Å²) < 4.78 is 7.95. The van der Waals surface area contributed by atoms with Gasteiger partial charge in [0.15, 0.2) is 0 Å². The highest BCUT2D eigenvalue weighted by Gasteiger charge is 2.21. The van der Waals surface area contributed by atoms with E-state index in [0.717, 1.165) is 32.2 Å². The largest absolute Gasteiger partial charge is 0.377 e. The van der Waals surface area contributed by atoms with Crippen LogP contribution in [0.1, 0.15) is 38.2 Å². The Kier molecular flexibility index (Phi) is 5.86. The van der Waals surface area contributed by atoms with Gasteiger partial charge >= 0.3 is 0 Å². The molecule has 0 saturated heterocycles. The molecule has 1 fully saturated rings. The van der Waals surface area contributed by atoms with Crippen LogP contribution < -0.4 is 5.32 Å². The minimum atomic E-state index is 0.490. The fraction of sp³-hybridized carbons (Fsp3) is 0.800. The summed E-state index contributed by atoms with van der Waals surface area (Å²) in [6, 6.07) is 0. The third kappa shape index (κ3) is 4.96. The fourth-order valence-electron chi connectivity index (χ4n) is 2.72. The van der Waals surface area contributed by atoms with E-state index in [-0.39, 0.29) is 0 Å². The Balaban J connectivity index is 1.50. The molecule has 0 amide bonds. The average molecular weight is 265 g/mol. The van der Waals surface area contributed by atoms with E-state index in [2.05, 4.69) is 30.5 Å². The molecular formula is C15H27N3O. The van der Waals surface area contributed by atoms with Crippen LogP contribution in [-0.2, 0) is 11.3 Å². The van der Waals surface area contributed by atoms with Crippen molar-refractivity contribution in [3.05, 3.63) is 18.0 Å². The second kappa shape index (κ2) is 7.65. The third-order valence-electron chi connectivity index (χ3n) is 3.92. The van der Waals surface area contributed by atoms with Gasteiger partial charge in [-0.2, -0.15) is 5.10 Å². The van der Waals surface area contributed by atoms with E-state index in [1.165, 1.54) is 31.2 Å². The van der Waals surface area contributed by atoms with Crippen molar-refractivity contribution in [1.82, 2.24) is 15.1 Å². The first-order chi connectivity index (χ1) is 9.25. The van der Waals surface area contributed by atoms with Crippen LogP contribution in [0.3, 0.4) is 0 Å². The molecule has 4 nitrogen and oxygen atoms in total. The molecule has 0 spiro atoms. The number of rotatable bonds is 7. The molecule has 19 heavy (non-hydrogen) atoms. The SMILES string of the molecule is Cc1cnn(CCNCCOC2CCCCC2C)c1. The Morgan fingerprint density at radius 3 is 2.95 bits per heavy atom. The average Bonchev–Trinajstić information content (AvgIpc) is 2.81. The number of hydrogen-bond acceptors (Lipinski definition) is 3. The number of nitrogens with one attached hydrogen (secondary N) is 1. The fourth-order valence-corrected chi connectivity index (χ4v) is 2.72. The zero-order chi connectivity index (χ0) is 13.5. The zero-order valence-electron chi connectivity index (χ0n) is 12.3. The predicted octanol–water partition coefficient (Wildman–Crippen LogP) is 2.38. The lowest BCUT2D eigenvalue weighted by atomic mass is 9.88. The van der Waals surface area contributed by atoms with Gasteiger partial charge in [0.05, 0.1) is 25.5 Å². The lowest BCUT2D eigenvalue weighted by Gasteiger charge is -2.28. The number of ether oxygens (including phenoxy) is 1. The topological polar surface area (TPSA) is 39.1 Å². The summed E-state index contributed by atoms with van der Waals surface area (Å²) in [6.45, 7) is 8.02. The molecular weight excluding hydrogens is 238 g/mol. The quantitative estimate of drug-likeness (QED) is 0.769. The number of aromatic nitrogens is 2. The maximum Gasteiger partial charge on any atom is 0.0601 e. The minimum absolute atomic E-state index is 0.490. The van der Waals surface area contributed by atoms with Gasteiger partial charge in [-0.3, -0.25) is 4.68 Å². The van der Waals surface area contributed by atoms with Crippen LogP contribution in [0.5, 0.6) is 0 Å². The lowest BCUT2D eigenvalue weighted by molar-refractivity contribution is -0.00314. The monoisotopic (exact) mass is 265 g/mol. The standard InChI is InChI=1S/C15H27N3O/c1-13-11-17-18(12-13)9-7-16-8-10-19-15-6-4-3-5-14(15)2/h11-12,14-16H,3-10H2,1-2H3. The Morgan fingerprint density at radius 2 is 2.21 bits per heavy atom. The van der Waals surface area contributed by atoms with Crippen LogP contribution in [0.2, 0.25) is 0 Å². The Hall–Kier alpha value is -0.870. The molecule has 4 heteroatoms. The molecule has 1 aromatic heterocycles. The second-order valence-electron chi connectivity index (χ2n) is 5.70. The summed E-state index contributed by atoms with van der Waals surface area (Å²) in [5.74, 6) is 0.737. The molecule has 2 atom stereocenters. The van der Waals surface area contributed by atoms with Crippen LogP contribution in [0, 0.1) is 12.8 Å². The molecule has 1 heterocycles. The smallest absolute Gasteiger partial charge is 0.0601 e. The van der Waals surface area contributed by atoms with Crippen LogP contribution in [0.15, 0.2) is 12.4 Å². The second-order valence-corrected chi connectivity index (χ2v) is 5.70. The van der Waals surface area contributed by atoms with Crippen LogP contribution in [-0.4, -0.2) is 35.6 Å². The van der Waals surface area contributed by atoms with Crippen molar-refractivity contribution >= 4 is 0 Å². The van der Waals surface area contributed by atoms with Crippen molar-refractivity contribution in [2.75, 3.05) is 19.7 Å². The zero-order valence-corrected chi connectivity index (χ0v) is 12.3. The van der Waals surface area contributed by atoms with Gasteiger partial charge in [-0.1, -0.05) is 19.8 Å². The van der Waals surface area contributed by atoms with Crippen molar-refractivity contribution in [3.8, 4) is 0 Å². The molecule has 0 aromatic carbocycles. The van der Waals surface area contributed by atoms with Gasteiger partial charge in [0.25, 0.3) is 0 Å². The van der Waals surface area contributed by atoms with Gasteiger partial charge < -0.3 is 10.1 Å². The van der Waals surface area contributed by atoms with Crippen molar-refractivity contribution in [2.45, 2.75) is 52.2 Å². The Labute approximate surface area is 116 Å². The van der Waals surface area contributed by atoms with Gasteiger partial charge in [-0.25, -0.2) is 0 Å². The van der Waals surface area contributed by atoms with Gasteiger partial charge in [0.2, 0.25) is 0 Å². The molecule has 1 aromatic rings. The molecule has 0 radical (unpaired) electrons. The van der Waals surface area contributed by atoms with Gasteiger partial charge in [-0.05, 0) is 31.2 Å². The van der Waals surface area contributed by atoms with E-state index in [1.807, 2.05) is 10.9 Å². The van der Waals surface area contributed by atoms with E-state index >= 15 is 0 Å². The molecule has 1 N–H and O–H groups in total.